The second kappa shape index (κ2) is 7.03. The molecule has 0 radical (unpaired) electrons. The first-order chi connectivity index (χ1) is 11.8. The molecule has 2 aliphatic heterocycles. The highest BCUT2D eigenvalue weighted by molar-refractivity contribution is 5.63. The number of nitrogens with one attached hydrogen (secondary N) is 1. The Morgan fingerprint density at radius 3 is 2.38 bits per heavy atom. The van der Waals surface area contributed by atoms with Gasteiger partial charge in [0, 0.05) is 13.7 Å². The molecule has 2 aromatic carbocycles. The Morgan fingerprint density at radius 2 is 1.62 bits per heavy atom. The van der Waals surface area contributed by atoms with Crippen LogP contribution in [0.25, 0.3) is 11.1 Å². The van der Waals surface area contributed by atoms with Gasteiger partial charge >= 0.3 is 0 Å². The maximum Gasteiger partial charge on any atom is 0.114 e. The van der Waals surface area contributed by atoms with Crippen LogP contribution in [0.1, 0.15) is 5.56 Å². The molecule has 4 atom stereocenters. The maximum atomic E-state index is 5.85. The van der Waals surface area contributed by atoms with Crippen LogP contribution in [0.15, 0.2) is 54.6 Å². The largest absolute Gasteiger partial charge is 0.376 e. The van der Waals surface area contributed by atoms with Crippen molar-refractivity contribution in [3.63, 3.8) is 0 Å². The van der Waals surface area contributed by atoms with Gasteiger partial charge in [0.1, 0.15) is 18.3 Å². The third kappa shape index (κ3) is 3.10. The molecule has 4 heteroatoms. The molecular weight excluding hydrogens is 302 g/mol. The van der Waals surface area contributed by atoms with Gasteiger partial charge < -0.3 is 19.5 Å². The normalized spacial score (nSPS) is 28.9. The number of fused-ring (bicyclic) bond motifs is 1. The van der Waals surface area contributed by atoms with Crippen molar-refractivity contribution in [1.29, 1.82) is 0 Å². The summed E-state index contributed by atoms with van der Waals surface area (Å²) in [4.78, 5) is 0. The van der Waals surface area contributed by atoms with Crippen LogP contribution in [0.4, 0.5) is 0 Å². The van der Waals surface area contributed by atoms with Crippen LogP contribution in [0.3, 0.4) is 0 Å². The van der Waals surface area contributed by atoms with Gasteiger partial charge in [0.05, 0.1) is 19.3 Å². The average Bonchev–Trinajstić information content (AvgIpc) is 3.23. The van der Waals surface area contributed by atoms with Crippen molar-refractivity contribution in [3.8, 4) is 11.1 Å². The van der Waals surface area contributed by atoms with E-state index < -0.39 is 0 Å². The Balaban J connectivity index is 1.35. The molecule has 0 aliphatic carbocycles. The molecule has 0 bridgehead atoms. The van der Waals surface area contributed by atoms with Crippen LogP contribution in [-0.2, 0) is 20.8 Å². The summed E-state index contributed by atoms with van der Waals surface area (Å²) in [5.74, 6) is 0. The van der Waals surface area contributed by atoms with E-state index in [4.69, 9.17) is 14.2 Å². The summed E-state index contributed by atoms with van der Waals surface area (Å²) in [6.07, 6.45) is 0.221. The molecule has 4 nitrogen and oxygen atoms in total. The number of benzene rings is 2. The van der Waals surface area contributed by atoms with Gasteiger partial charge in [0.25, 0.3) is 0 Å². The van der Waals surface area contributed by atoms with Crippen molar-refractivity contribution in [1.82, 2.24) is 5.32 Å². The van der Waals surface area contributed by atoms with Gasteiger partial charge in [-0.15, -0.1) is 0 Å². The topological polar surface area (TPSA) is 39.7 Å². The van der Waals surface area contributed by atoms with Crippen LogP contribution < -0.4 is 5.32 Å². The number of hydrogen-bond donors (Lipinski definition) is 1. The first kappa shape index (κ1) is 15.8. The molecule has 0 spiro atoms. The minimum Gasteiger partial charge on any atom is -0.376 e. The van der Waals surface area contributed by atoms with E-state index in [1.165, 1.54) is 16.7 Å². The van der Waals surface area contributed by atoms with Gasteiger partial charge in [-0.05, 0) is 16.7 Å². The zero-order valence-electron chi connectivity index (χ0n) is 13.9. The molecule has 2 aliphatic rings. The standard InChI is InChI=1S/C20H23NO3/c1-22-18-13-24-19-17(12-23-20(18)19)21-11-14-7-9-16(10-8-14)15-5-3-2-4-6-15/h2-10,17-21H,11-13H2,1H3/t17-,18-,19-,20+/m0/s1. The summed E-state index contributed by atoms with van der Waals surface area (Å²) in [6.45, 7) is 2.11. The van der Waals surface area contributed by atoms with Gasteiger partial charge in [-0.2, -0.15) is 0 Å². The third-order valence-corrected chi connectivity index (χ3v) is 4.94. The van der Waals surface area contributed by atoms with Crippen LogP contribution in [-0.4, -0.2) is 44.7 Å². The first-order valence-electron chi connectivity index (χ1n) is 8.49. The average molecular weight is 325 g/mol. The van der Waals surface area contributed by atoms with Gasteiger partial charge in [-0.3, -0.25) is 0 Å². The second-order valence-corrected chi connectivity index (χ2v) is 6.42. The molecule has 2 aromatic rings. The fourth-order valence-electron chi connectivity index (χ4n) is 3.54. The van der Waals surface area contributed by atoms with Crippen LogP contribution in [0, 0.1) is 0 Å². The fourth-order valence-corrected chi connectivity index (χ4v) is 3.54. The van der Waals surface area contributed by atoms with E-state index in [-0.39, 0.29) is 24.4 Å². The molecule has 0 unspecified atom stereocenters. The first-order valence-corrected chi connectivity index (χ1v) is 8.49. The predicted octanol–water partition coefficient (Wildman–Crippen LogP) is 2.62. The second-order valence-electron chi connectivity index (χ2n) is 6.42. The van der Waals surface area contributed by atoms with Gasteiger partial charge in [-0.25, -0.2) is 0 Å². The van der Waals surface area contributed by atoms with Crippen molar-refractivity contribution in [3.05, 3.63) is 60.2 Å². The third-order valence-electron chi connectivity index (χ3n) is 4.94. The molecule has 2 saturated heterocycles. The SMILES string of the molecule is CO[C@H]1CO[C@@H]2[C@@H]1OC[C@@H]2NCc1ccc(-c2ccccc2)cc1. The summed E-state index contributed by atoms with van der Waals surface area (Å²) in [5, 5.41) is 3.57. The lowest BCUT2D eigenvalue weighted by molar-refractivity contribution is -0.00824. The molecule has 0 aromatic heterocycles. The molecule has 0 saturated carbocycles. The summed E-state index contributed by atoms with van der Waals surface area (Å²) >= 11 is 0. The van der Waals surface area contributed by atoms with E-state index >= 15 is 0 Å². The van der Waals surface area contributed by atoms with Crippen LogP contribution in [0.2, 0.25) is 0 Å². The highest BCUT2D eigenvalue weighted by Gasteiger charge is 2.47. The van der Waals surface area contributed by atoms with Gasteiger partial charge in [0.15, 0.2) is 0 Å². The van der Waals surface area contributed by atoms with E-state index in [1.807, 2.05) is 6.07 Å². The zero-order valence-corrected chi connectivity index (χ0v) is 13.9. The van der Waals surface area contributed by atoms with E-state index in [9.17, 15) is 0 Å². The molecule has 2 fully saturated rings. The van der Waals surface area contributed by atoms with Crippen molar-refractivity contribution in [2.45, 2.75) is 30.9 Å². The van der Waals surface area contributed by atoms with E-state index in [0.717, 1.165) is 6.54 Å². The van der Waals surface area contributed by atoms with Gasteiger partial charge in [0.2, 0.25) is 0 Å². The monoisotopic (exact) mass is 325 g/mol. The predicted molar refractivity (Wildman–Crippen MR) is 92.8 cm³/mol. The van der Waals surface area contributed by atoms with E-state index in [0.29, 0.717) is 13.2 Å². The van der Waals surface area contributed by atoms with Gasteiger partial charge in [-0.1, -0.05) is 54.6 Å². The lowest BCUT2D eigenvalue weighted by Crippen LogP contribution is -2.40. The van der Waals surface area contributed by atoms with Crippen LogP contribution >= 0.6 is 0 Å². The van der Waals surface area contributed by atoms with Crippen molar-refractivity contribution >= 4 is 0 Å². The Kier molecular flexibility index (Phi) is 4.63. The zero-order chi connectivity index (χ0) is 16.4. The smallest absolute Gasteiger partial charge is 0.114 e. The number of ether oxygens (including phenoxy) is 3. The Bertz CT molecular complexity index is 658. The molecule has 2 heterocycles. The Hall–Kier alpha value is -1.72. The number of rotatable bonds is 5. The Morgan fingerprint density at radius 1 is 0.917 bits per heavy atom. The van der Waals surface area contributed by atoms with Crippen molar-refractivity contribution in [2.24, 2.45) is 0 Å². The molecule has 1 N–H and O–H groups in total. The van der Waals surface area contributed by atoms with Crippen molar-refractivity contribution < 1.29 is 14.2 Å². The minimum atomic E-state index is 0.0620. The molecule has 126 valence electrons. The van der Waals surface area contributed by atoms with Crippen molar-refractivity contribution in [2.75, 3.05) is 20.3 Å². The summed E-state index contributed by atoms with van der Waals surface area (Å²) < 4.78 is 17.1. The minimum absolute atomic E-state index is 0.0620. The quantitative estimate of drug-likeness (QED) is 0.917. The number of hydrogen-bond acceptors (Lipinski definition) is 4. The molecule has 0 amide bonds. The lowest BCUT2D eigenvalue weighted by Gasteiger charge is -2.17. The van der Waals surface area contributed by atoms with E-state index in [1.54, 1.807) is 7.11 Å². The van der Waals surface area contributed by atoms with Crippen LogP contribution in [0.5, 0.6) is 0 Å². The summed E-state index contributed by atoms with van der Waals surface area (Å²) in [7, 11) is 1.72. The summed E-state index contributed by atoms with van der Waals surface area (Å²) in [6, 6.07) is 19.4. The highest BCUT2D eigenvalue weighted by Crippen LogP contribution is 2.28. The highest BCUT2D eigenvalue weighted by atomic mass is 16.6. The Labute approximate surface area is 142 Å². The molecule has 24 heavy (non-hydrogen) atoms. The molecular formula is C20H23NO3. The number of methoxy groups -OCH3 is 1. The lowest BCUT2D eigenvalue weighted by atomic mass is 10.0. The summed E-state index contributed by atoms with van der Waals surface area (Å²) in [5.41, 5.74) is 3.75. The molecule has 4 rings (SSSR count). The fraction of sp³-hybridized carbons (Fsp3) is 0.400. The van der Waals surface area contributed by atoms with E-state index in [2.05, 4.69) is 53.8 Å². The maximum absolute atomic E-state index is 5.85.